The molecule has 3 nitrogen and oxygen atoms in total. The number of ether oxygens (including phenoxy) is 1. The molecule has 1 fully saturated rings. The largest absolute Gasteiger partial charge is 0.494 e. The Bertz CT molecular complexity index is 480. The van der Waals surface area contributed by atoms with Crippen LogP contribution in [0.15, 0.2) is 18.2 Å². The zero-order valence-electron chi connectivity index (χ0n) is 13.6. The predicted octanol–water partition coefficient (Wildman–Crippen LogP) is 3.19. The van der Waals surface area contributed by atoms with Crippen LogP contribution in [0.3, 0.4) is 0 Å². The highest BCUT2D eigenvalue weighted by molar-refractivity contribution is 5.31. The van der Waals surface area contributed by atoms with Crippen molar-refractivity contribution >= 4 is 0 Å². The van der Waals surface area contributed by atoms with Gasteiger partial charge in [0.05, 0.1) is 7.11 Å². The Labute approximate surface area is 127 Å². The van der Waals surface area contributed by atoms with Gasteiger partial charge in [0.25, 0.3) is 0 Å². The van der Waals surface area contributed by atoms with Crippen molar-refractivity contribution in [3.05, 3.63) is 29.6 Å². The third kappa shape index (κ3) is 3.38. The molecule has 1 aliphatic heterocycles. The molecule has 0 aliphatic carbocycles. The highest BCUT2D eigenvalue weighted by atomic mass is 19.1. The minimum absolute atomic E-state index is 0.0706. The van der Waals surface area contributed by atoms with E-state index in [1.54, 1.807) is 6.07 Å². The molecule has 1 aromatic rings. The molecule has 118 valence electrons. The van der Waals surface area contributed by atoms with Gasteiger partial charge in [0.2, 0.25) is 0 Å². The van der Waals surface area contributed by atoms with Crippen molar-refractivity contribution < 1.29 is 9.13 Å². The van der Waals surface area contributed by atoms with E-state index in [0.717, 1.165) is 25.9 Å². The summed E-state index contributed by atoms with van der Waals surface area (Å²) in [6, 6.07) is 5.87. The van der Waals surface area contributed by atoms with Crippen LogP contribution in [0.1, 0.15) is 39.2 Å². The lowest BCUT2D eigenvalue weighted by atomic mass is 9.91. The van der Waals surface area contributed by atoms with Gasteiger partial charge >= 0.3 is 0 Å². The van der Waals surface area contributed by atoms with Crippen molar-refractivity contribution in [2.45, 2.75) is 51.7 Å². The van der Waals surface area contributed by atoms with Crippen LogP contribution in [-0.2, 0) is 6.54 Å². The van der Waals surface area contributed by atoms with E-state index in [-0.39, 0.29) is 11.4 Å². The molecule has 2 rings (SSSR count). The fourth-order valence-corrected chi connectivity index (χ4v) is 2.95. The second-order valence-electron chi connectivity index (χ2n) is 6.15. The van der Waals surface area contributed by atoms with Gasteiger partial charge in [-0.25, -0.2) is 4.39 Å². The maximum absolute atomic E-state index is 14.4. The van der Waals surface area contributed by atoms with E-state index < -0.39 is 0 Å². The minimum Gasteiger partial charge on any atom is -0.494 e. The summed E-state index contributed by atoms with van der Waals surface area (Å²) >= 11 is 0. The van der Waals surface area contributed by atoms with Crippen molar-refractivity contribution in [2.75, 3.05) is 20.2 Å². The smallest absolute Gasteiger partial charge is 0.169 e. The lowest BCUT2D eigenvalue weighted by molar-refractivity contribution is 0.0398. The minimum atomic E-state index is -0.231. The number of hydrogen-bond acceptors (Lipinski definition) is 3. The first-order valence-corrected chi connectivity index (χ1v) is 7.84. The summed E-state index contributed by atoms with van der Waals surface area (Å²) < 4.78 is 19.5. The fourth-order valence-electron chi connectivity index (χ4n) is 2.95. The van der Waals surface area contributed by atoms with Crippen LogP contribution < -0.4 is 10.1 Å². The predicted molar refractivity (Wildman–Crippen MR) is 84.1 cm³/mol. The molecule has 1 heterocycles. The van der Waals surface area contributed by atoms with E-state index in [1.807, 2.05) is 12.1 Å². The third-order valence-corrected chi connectivity index (χ3v) is 4.85. The summed E-state index contributed by atoms with van der Waals surface area (Å²) in [5.74, 6) is 0.0953. The number of benzene rings is 1. The Morgan fingerprint density at radius 3 is 2.81 bits per heavy atom. The number of methoxy groups -OCH3 is 1. The molecule has 0 aromatic heterocycles. The topological polar surface area (TPSA) is 24.5 Å². The number of nitrogens with one attached hydrogen (secondary N) is 1. The molecule has 0 radical (unpaired) electrons. The monoisotopic (exact) mass is 294 g/mol. The molecule has 0 amide bonds. The molecular weight excluding hydrogens is 267 g/mol. The second kappa shape index (κ2) is 6.75. The third-order valence-electron chi connectivity index (χ3n) is 4.85. The highest BCUT2D eigenvalue weighted by Crippen LogP contribution is 2.28. The number of hydrogen-bond donors (Lipinski definition) is 1. The molecule has 1 aliphatic rings. The molecule has 1 aromatic carbocycles. The molecule has 0 bridgehead atoms. The van der Waals surface area contributed by atoms with Crippen LogP contribution >= 0.6 is 0 Å². The molecule has 0 saturated carbocycles. The summed E-state index contributed by atoms with van der Waals surface area (Å²) in [7, 11) is 1.51. The van der Waals surface area contributed by atoms with Gasteiger partial charge in [-0.2, -0.15) is 0 Å². The molecular formula is C17H27FN2O. The first kappa shape index (κ1) is 16.2. The Balaban J connectivity index is 2.22. The summed E-state index contributed by atoms with van der Waals surface area (Å²) in [5.41, 5.74) is 0.784. The number of halogens is 1. The van der Waals surface area contributed by atoms with Gasteiger partial charge in [-0.15, -0.1) is 0 Å². The van der Waals surface area contributed by atoms with E-state index in [1.165, 1.54) is 7.11 Å². The van der Waals surface area contributed by atoms with Crippen LogP contribution in [0.25, 0.3) is 0 Å². The maximum atomic E-state index is 14.4. The van der Waals surface area contributed by atoms with Gasteiger partial charge in [-0.3, -0.25) is 4.90 Å². The number of nitrogens with zero attached hydrogens (tertiary/aromatic N) is 1. The van der Waals surface area contributed by atoms with E-state index in [9.17, 15) is 4.39 Å². The van der Waals surface area contributed by atoms with Crippen LogP contribution in [0.5, 0.6) is 5.75 Å². The molecule has 2 atom stereocenters. The summed E-state index contributed by atoms with van der Waals surface area (Å²) in [5, 5.41) is 3.60. The molecule has 4 heteroatoms. The SMILES string of the molecule is CCC1CN(Cc2cccc(OC)c2F)C(C)(CC)CN1. The molecule has 21 heavy (non-hydrogen) atoms. The van der Waals surface area contributed by atoms with Gasteiger partial charge in [0, 0.05) is 36.8 Å². The molecule has 0 spiro atoms. The van der Waals surface area contributed by atoms with Crippen molar-refractivity contribution in [1.29, 1.82) is 0 Å². The van der Waals surface area contributed by atoms with Crippen molar-refractivity contribution in [2.24, 2.45) is 0 Å². The quantitative estimate of drug-likeness (QED) is 0.902. The molecule has 2 unspecified atom stereocenters. The fraction of sp³-hybridized carbons (Fsp3) is 0.647. The Morgan fingerprint density at radius 1 is 1.43 bits per heavy atom. The Hall–Kier alpha value is -1.13. The lowest BCUT2D eigenvalue weighted by Crippen LogP contribution is -2.62. The van der Waals surface area contributed by atoms with Crippen LogP contribution in [0, 0.1) is 5.82 Å². The first-order chi connectivity index (χ1) is 10.0. The van der Waals surface area contributed by atoms with Crippen molar-refractivity contribution in [3.8, 4) is 5.75 Å². The zero-order valence-corrected chi connectivity index (χ0v) is 13.6. The van der Waals surface area contributed by atoms with Crippen LogP contribution in [0.2, 0.25) is 0 Å². The van der Waals surface area contributed by atoms with Gasteiger partial charge in [0.15, 0.2) is 11.6 Å². The average Bonchev–Trinajstić information content (AvgIpc) is 2.51. The summed E-state index contributed by atoms with van der Waals surface area (Å²) in [6.07, 6.45) is 2.14. The Morgan fingerprint density at radius 2 is 2.19 bits per heavy atom. The van der Waals surface area contributed by atoms with Gasteiger partial charge in [-0.05, 0) is 25.8 Å². The summed E-state index contributed by atoms with van der Waals surface area (Å²) in [6.45, 7) is 9.18. The van der Waals surface area contributed by atoms with Crippen LogP contribution in [0.4, 0.5) is 4.39 Å². The number of piperazine rings is 1. The average molecular weight is 294 g/mol. The maximum Gasteiger partial charge on any atom is 0.169 e. The lowest BCUT2D eigenvalue weighted by Gasteiger charge is -2.48. The standard InChI is InChI=1S/C17H27FN2O/c1-5-14-11-20(17(3,6-2)12-19-14)10-13-8-7-9-15(21-4)16(13)18/h7-9,14,19H,5-6,10-12H2,1-4H3. The zero-order chi connectivity index (χ0) is 15.5. The Kier molecular flexibility index (Phi) is 5.22. The summed E-state index contributed by atoms with van der Waals surface area (Å²) in [4.78, 5) is 2.41. The van der Waals surface area contributed by atoms with Gasteiger partial charge in [0.1, 0.15) is 0 Å². The van der Waals surface area contributed by atoms with Gasteiger partial charge in [-0.1, -0.05) is 26.0 Å². The first-order valence-electron chi connectivity index (χ1n) is 7.84. The van der Waals surface area contributed by atoms with Crippen molar-refractivity contribution in [1.82, 2.24) is 10.2 Å². The second-order valence-corrected chi connectivity index (χ2v) is 6.15. The highest BCUT2D eigenvalue weighted by Gasteiger charge is 2.36. The van der Waals surface area contributed by atoms with E-state index in [4.69, 9.17) is 4.74 Å². The van der Waals surface area contributed by atoms with E-state index in [2.05, 4.69) is 31.0 Å². The molecule has 1 N–H and O–H groups in total. The normalized spacial score (nSPS) is 26.8. The van der Waals surface area contributed by atoms with Crippen molar-refractivity contribution in [3.63, 3.8) is 0 Å². The van der Waals surface area contributed by atoms with E-state index in [0.29, 0.717) is 23.9 Å². The molecule has 1 saturated heterocycles. The van der Waals surface area contributed by atoms with Gasteiger partial charge < -0.3 is 10.1 Å². The van der Waals surface area contributed by atoms with E-state index >= 15 is 0 Å². The van der Waals surface area contributed by atoms with Crippen LogP contribution in [-0.4, -0.2) is 36.7 Å². The number of rotatable bonds is 5.